The minimum Gasteiger partial charge on any atom is -0.478 e. The van der Waals surface area contributed by atoms with E-state index >= 15 is 0 Å². The monoisotopic (exact) mass is 206 g/mol. The first-order valence-corrected chi connectivity index (χ1v) is 5.23. The van der Waals surface area contributed by atoms with Crippen molar-refractivity contribution in [1.29, 1.82) is 0 Å². The Morgan fingerprint density at radius 3 is 2.40 bits per heavy atom. The minimum atomic E-state index is -0.862. The number of hydrogen-bond donors (Lipinski definition) is 1. The summed E-state index contributed by atoms with van der Waals surface area (Å²) in [5, 5.41) is 8.86. The van der Waals surface area contributed by atoms with Crippen LogP contribution >= 0.6 is 0 Å². The Morgan fingerprint density at radius 1 is 1.40 bits per heavy atom. The molecule has 0 amide bonds. The molecule has 0 bridgehead atoms. The maximum atomic E-state index is 10.8. The van der Waals surface area contributed by atoms with Gasteiger partial charge in [-0.3, -0.25) is 0 Å². The van der Waals surface area contributed by atoms with E-state index in [4.69, 9.17) is 5.11 Å². The molecule has 0 heterocycles. The Morgan fingerprint density at radius 2 is 2.00 bits per heavy atom. The van der Waals surface area contributed by atoms with Crippen LogP contribution in [0, 0.1) is 6.92 Å². The van der Waals surface area contributed by atoms with Gasteiger partial charge in [-0.25, -0.2) is 4.79 Å². The summed E-state index contributed by atoms with van der Waals surface area (Å²) in [7, 11) is 0. The lowest BCUT2D eigenvalue weighted by atomic mass is 9.79. The molecule has 2 heteroatoms. The standard InChI is InChI=1S/C13H18O2/c1-5-13(3,4)11-7-6-10(12(14)15)8-9(11)2/h6-8H,5H2,1-4H3,(H,14,15). The number of carboxylic acids is 1. The summed E-state index contributed by atoms with van der Waals surface area (Å²) >= 11 is 0. The Kier molecular flexibility index (Phi) is 3.18. The van der Waals surface area contributed by atoms with Crippen LogP contribution in [0.25, 0.3) is 0 Å². The van der Waals surface area contributed by atoms with E-state index in [0.29, 0.717) is 5.56 Å². The van der Waals surface area contributed by atoms with Crippen LogP contribution in [-0.4, -0.2) is 11.1 Å². The van der Waals surface area contributed by atoms with Gasteiger partial charge in [-0.2, -0.15) is 0 Å². The third-order valence-electron chi connectivity index (χ3n) is 3.09. The van der Waals surface area contributed by atoms with Crippen molar-refractivity contribution in [2.24, 2.45) is 0 Å². The highest BCUT2D eigenvalue weighted by atomic mass is 16.4. The van der Waals surface area contributed by atoms with E-state index in [1.165, 1.54) is 5.56 Å². The lowest BCUT2D eigenvalue weighted by molar-refractivity contribution is 0.0696. The smallest absolute Gasteiger partial charge is 0.335 e. The maximum Gasteiger partial charge on any atom is 0.335 e. The first kappa shape index (κ1) is 11.8. The number of benzene rings is 1. The summed E-state index contributed by atoms with van der Waals surface area (Å²) in [5.74, 6) is -0.862. The molecule has 0 fully saturated rings. The molecule has 1 rings (SSSR count). The summed E-state index contributed by atoms with van der Waals surface area (Å²) < 4.78 is 0. The van der Waals surface area contributed by atoms with E-state index < -0.39 is 5.97 Å². The highest BCUT2D eigenvalue weighted by Crippen LogP contribution is 2.29. The lowest BCUT2D eigenvalue weighted by Crippen LogP contribution is -2.17. The molecule has 0 spiro atoms. The quantitative estimate of drug-likeness (QED) is 0.823. The number of carbonyl (C=O) groups is 1. The Labute approximate surface area is 90.9 Å². The van der Waals surface area contributed by atoms with E-state index in [1.54, 1.807) is 12.1 Å². The molecule has 82 valence electrons. The molecule has 0 unspecified atom stereocenters. The predicted octanol–water partition coefficient (Wildman–Crippen LogP) is 3.38. The minimum absolute atomic E-state index is 0.112. The van der Waals surface area contributed by atoms with Crippen molar-refractivity contribution in [3.8, 4) is 0 Å². The second kappa shape index (κ2) is 4.05. The molecule has 0 saturated heterocycles. The Balaban J connectivity index is 3.19. The van der Waals surface area contributed by atoms with Crippen LogP contribution in [-0.2, 0) is 5.41 Å². The van der Waals surface area contributed by atoms with Gasteiger partial charge in [0.15, 0.2) is 0 Å². The molecule has 0 aliphatic rings. The molecule has 2 nitrogen and oxygen atoms in total. The van der Waals surface area contributed by atoms with E-state index in [2.05, 4.69) is 20.8 Å². The van der Waals surface area contributed by atoms with Crippen molar-refractivity contribution in [2.45, 2.75) is 39.5 Å². The summed E-state index contributed by atoms with van der Waals surface area (Å²) in [4.78, 5) is 10.8. The first-order valence-electron chi connectivity index (χ1n) is 5.23. The summed E-state index contributed by atoms with van der Waals surface area (Å²) in [6, 6.07) is 5.36. The van der Waals surface area contributed by atoms with Gasteiger partial charge >= 0.3 is 5.97 Å². The highest BCUT2D eigenvalue weighted by Gasteiger charge is 2.20. The van der Waals surface area contributed by atoms with Crippen molar-refractivity contribution in [3.05, 3.63) is 34.9 Å². The maximum absolute atomic E-state index is 10.8. The fraction of sp³-hybridized carbons (Fsp3) is 0.462. The average molecular weight is 206 g/mol. The van der Waals surface area contributed by atoms with Gasteiger partial charge in [-0.1, -0.05) is 26.8 Å². The van der Waals surface area contributed by atoms with Crippen molar-refractivity contribution >= 4 is 5.97 Å². The van der Waals surface area contributed by atoms with Crippen molar-refractivity contribution < 1.29 is 9.90 Å². The third kappa shape index (κ3) is 2.38. The number of rotatable bonds is 3. The third-order valence-corrected chi connectivity index (χ3v) is 3.09. The van der Waals surface area contributed by atoms with Crippen molar-refractivity contribution in [1.82, 2.24) is 0 Å². The zero-order valence-electron chi connectivity index (χ0n) is 9.79. The van der Waals surface area contributed by atoms with Gasteiger partial charge in [-0.05, 0) is 42.0 Å². The predicted molar refractivity (Wildman–Crippen MR) is 61.5 cm³/mol. The van der Waals surface area contributed by atoms with Gasteiger partial charge in [0, 0.05) is 0 Å². The van der Waals surface area contributed by atoms with Gasteiger partial charge in [0.1, 0.15) is 0 Å². The topological polar surface area (TPSA) is 37.3 Å². The van der Waals surface area contributed by atoms with Crippen LogP contribution in [0.15, 0.2) is 18.2 Å². The zero-order chi connectivity index (χ0) is 11.6. The van der Waals surface area contributed by atoms with Crippen LogP contribution in [0.2, 0.25) is 0 Å². The molecule has 0 aliphatic carbocycles. The summed E-state index contributed by atoms with van der Waals surface area (Å²) in [6.07, 6.45) is 1.04. The summed E-state index contributed by atoms with van der Waals surface area (Å²) in [5.41, 5.74) is 2.76. The molecule has 0 radical (unpaired) electrons. The van der Waals surface area contributed by atoms with Crippen LogP contribution < -0.4 is 0 Å². The van der Waals surface area contributed by atoms with Crippen molar-refractivity contribution in [3.63, 3.8) is 0 Å². The number of carboxylic acid groups (broad SMARTS) is 1. The van der Waals surface area contributed by atoms with Gasteiger partial charge in [0.05, 0.1) is 5.56 Å². The van der Waals surface area contributed by atoms with Crippen LogP contribution in [0.1, 0.15) is 48.7 Å². The van der Waals surface area contributed by atoms with E-state index in [0.717, 1.165) is 12.0 Å². The van der Waals surface area contributed by atoms with Gasteiger partial charge < -0.3 is 5.11 Å². The normalized spacial score (nSPS) is 11.5. The van der Waals surface area contributed by atoms with E-state index in [9.17, 15) is 4.79 Å². The fourth-order valence-corrected chi connectivity index (χ4v) is 1.75. The largest absolute Gasteiger partial charge is 0.478 e. The second-order valence-corrected chi connectivity index (χ2v) is 4.57. The molecule has 0 aromatic heterocycles. The summed E-state index contributed by atoms with van der Waals surface area (Å²) in [6.45, 7) is 8.47. The number of aromatic carboxylic acids is 1. The van der Waals surface area contributed by atoms with Crippen LogP contribution in [0.5, 0.6) is 0 Å². The molecular formula is C13H18O2. The molecule has 1 N–H and O–H groups in total. The SMILES string of the molecule is CCC(C)(C)c1ccc(C(=O)O)cc1C. The molecule has 0 aliphatic heterocycles. The zero-order valence-corrected chi connectivity index (χ0v) is 9.79. The molecule has 0 saturated carbocycles. The molecule has 0 atom stereocenters. The fourth-order valence-electron chi connectivity index (χ4n) is 1.75. The van der Waals surface area contributed by atoms with Gasteiger partial charge in [0.2, 0.25) is 0 Å². The number of hydrogen-bond acceptors (Lipinski definition) is 1. The Bertz CT molecular complexity index is 378. The first-order chi connectivity index (χ1) is 6.88. The highest BCUT2D eigenvalue weighted by molar-refractivity contribution is 5.87. The van der Waals surface area contributed by atoms with E-state index in [-0.39, 0.29) is 5.41 Å². The van der Waals surface area contributed by atoms with Gasteiger partial charge in [-0.15, -0.1) is 0 Å². The van der Waals surface area contributed by atoms with Crippen LogP contribution in [0.4, 0.5) is 0 Å². The average Bonchev–Trinajstić information content (AvgIpc) is 2.17. The van der Waals surface area contributed by atoms with Crippen LogP contribution in [0.3, 0.4) is 0 Å². The Hall–Kier alpha value is -1.31. The molecule has 1 aromatic rings. The second-order valence-electron chi connectivity index (χ2n) is 4.57. The molecule has 1 aromatic carbocycles. The van der Waals surface area contributed by atoms with Crippen molar-refractivity contribution in [2.75, 3.05) is 0 Å². The number of aryl methyl sites for hydroxylation is 1. The molecule has 15 heavy (non-hydrogen) atoms. The van der Waals surface area contributed by atoms with Gasteiger partial charge in [0.25, 0.3) is 0 Å². The van der Waals surface area contributed by atoms with E-state index in [1.807, 2.05) is 13.0 Å². The lowest BCUT2D eigenvalue weighted by Gasteiger charge is -2.25. The molecular weight excluding hydrogens is 188 g/mol.